The molecule has 0 bridgehead atoms. The Bertz CT molecular complexity index is 516. The van der Waals surface area contributed by atoms with Gasteiger partial charge >= 0.3 is 5.97 Å². The van der Waals surface area contributed by atoms with E-state index >= 15 is 0 Å². The normalized spacial score (nSPS) is 51.2. The zero-order chi connectivity index (χ0) is 12.9. The zero-order valence-electron chi connectivity index (χ0n) is 11.0. The van der Waals surface area contributed by atoms with Gasteiger partial charge in [-0.3, -0.25) is 9.59 Å². The van der Waals surface area contributed by atoms with Crippen molar-refractivity contribution in [1.29, 1.82) is 0 Å². The van der Waals surface area contributed by atoms with E-state index in [2.05, 4.69) is 13.8 Å². The Hall–Kier alpha value is -1.12. The number of hydrogen-bond acceptors (Lipinski definition) is 3. The van der Waals surface area contributed by atoms with E-state index in [1.54, 1.807) is 0 Å². The highest BCUT2D eigenvalue weighted by atomic mass is 16.6. The zero-order valence-corrected chi connectivity index (χ0v) is 11.0. The molecule has 4 rings (SSSR count). The number of allylic oxidation sites excluding steroid dienone is 2. The summed E-state index contributed by atoms with van der Waals surface area (Å²) in [7, 11) is 0. The Morgan fingerprint density at radius 2 is 2.00 bits per heavy atom. The monoisotopic (exact) mass is 246 g/mol. The fourth-order valence-corrected chi connectivity index (χ4v) is 5.23. The molecular formula is C15H18O3. The average Bonchev–Trinajstić information content (AvgIpc) is 2.37. The number of esters is 1. The Morgan fingerprint density at radius 3 is 2.72 bits per heavy atom. The molecule has 0 aromatic heterocycles. The van der Waals surface area contributed by atoms with Crippen LogP contribution in [0.25, 0.3) is 0 Å². The Labute approximate surface area is 107 Å². The predicted molar refractivity (Wildman–Crippen MR) is 64.6 cm³/mol. The van der Waals surface area contributed by atoms with E-state index < -0.39 is 5.41 Å². The average molecular weight is 246 g/mol. The van der Waals surface area contributed by atoms with Crippen LogP contribution in [-0.4, -0.2) is 17.9 Å². The third-order valence-corrected chi connectivity index (χ3v) is 6.11. The summed E-state index contributed by atoms with van der Waals surface area (Å²) in [4.78, 5) is 24.9. The predicted octanol–water partition coefficient (Wildman–Crippen LogP) is 2.11. The summed E-state index contributed by atoms with van der Waals surface area (Å²) in [6.07, 6.45) is 3.69. The van der Waals surface area contributed by atoms with Gasteiger partial charge in [-0.2, -0.15) is 0 Å². The quantitative estimate of drug-likeness (QED) is 0.615. The van der Waals surface area contributed by atoms with Crippen molar-refractivity contribution in [3.8, 4) is 0 Å². The van der Waals surface area contributed by atoms with Crippen molar-refractivity contribution in [3.05, 3.63) is 11.6 Å². The fourth-order valence-electron chi connectivity index (χ4n) is 5.23. The molecule has 5 unspecified atom stereocenters. The number of ketones is 1. The summed E-state index contributed by atoms with van der Waals surface area (Å²) >= 11 is 0. The number of carbonyl (C=O) groups is 2. The van der Waals surface area contributed by atoms with E-state index in [4.69, 9.17) is 4.74 Å². The maximum atomic E-state index is 12.5. The summed E-state index contributed by atoms with van der Waals surface area (Å²) in [5.74, 6) is 0.651. The maximum Gasteiger partial charge on any atom is 0.313 e. The molecule has 5 atom stereocenters. The van der Waals surface area contributed by atoms with Crippen molar-refractivity contribution in [2.45, 2.75) is 39.7 Å². The van der Waals surface area contributed by atoms with Crippen molar-refractivity contribution in [2.75, 3.05) is 0 Å². The van der Waals surface area contributed by atoms with Crippen LogP contribution >= 0.6 is 0 Å². The number of Topliss-reactive ketones (excluding diaryl/α,β-unsaturated/α-hetero) is 1. The van der Waals surface area contributed by atoms with Crippen LogP contribution in [0.1, 0.15) is 33.6 Å². The van der Waals surface area contributed by atoms with Crippen molar-refractivity contribution in [2.24, 2.45) is 28.6 Å². The molecule has 3 nitrogen and oxygen atoms in total. The lowest BCUT2D eigenvalue weighted by molar-refractivity contribution is -0.251. The van der Waals surface area contributed by atoms with Crippen molar-refractivity contribution >= 4 is 11.8 Å². The fraction of sp³-hybridized carbons (Fsp3) is 0.733. The smallest absolute Gasteiger partial charge is 0.313 e. The highest BCUT2D eigenvalue weighted by Crippen LogP contribution is 2.79. The lowest BCUT2D eigenvalue weighted by Crippen LogP contribution is -2.75. The van der Waals surface area contributed by atoms with Crippen LogP contribution in [0.3, 0.4) is 0 Å². The Morgan fingerprint density at radius 1 is 1.28 bits per heavy atom. The van der Waals surface area contributed by atoms with Crippen LogP contribution in [0, 0.1) is 28.6 Å². The third kappa shape index (κ3) is 0.799. The second-order valence-electron chi connectivity index (χ2n) is 7.01. The van der Waals surface area contributed by atoms with Crippen LogP contribution in [-0.2, 0) is 14.3 Å². The number of rotatable bonds is 0. The first-order chi connectivity index (χ1) is 8.42. The number of hydrogen-bond donors (Lipinski definition) is 0. The van der Waals surface area contributed by atoms with Gasteiger partial charge in [-0.1, -0.05) is 19.9 Å². The molecule has 96 valence electrons. The van der Waals surface area contributed by atoms with E-state index in [1.807, 2.05) is 13.0 Å². The van der Waals surface area contributed by atoms with Crippen molar-refractivity contribution in [1.82, 2.24) is 0 Å². The van der Waals surface area contributed by atoms with E-state index in [0.29, 0.717) is 11.8 Å². The second-order valence-corrected chi connectivity index (χ2v) is 7.01. The van der Waals surface area contributed by atoms with Gasteiger partial charge in [0.15, 0.2) is 5.78 Å². The molecule has 18 heavy (non-hydrogen) atoms. The first kappa shape index (κ1) is 10.8. The molecule has 1 saturated heterocycles. The maximum absolute atomic E-state index is 12.5. The number of carbonyl (C=O) groups excluding carboxylic acids is 2. The second kappa shape index (κ2) is 2.73. The molecule has 0 aromatic rings. The molecule has 1 spiro atoms. The SMILES string of the molecule is CC1=CCCC23C(=O)OC4C2C(C3C1=O)C4(C)C. The molecule has 3 fully saturated rings. The van der Waals surface area contributed by atoms with Crippen molar-refractivity contribution < 1.29 is 14.3 Å². The minimum atomic E-state index is -0.462. The van der Waals surface area contributed by atoms with E-state index in [1.165, 1.54) is 0 Å². The summed E-state index contributed by atoms with van der Waals surface area (Å²) in [5.41, 5.74) is 0.357. The molecular weight excluding hydrogens is 228 g/mol. The number of fused-ring (bicyclic) bond motifs is 1. The van der Waals surface area contributed by atoms with E-state index in [-0.39, 0.29) is 29.2 Å². The van der Waals surface area contributed by atoms with Gasteiger partial charge in [0.2, 0.25) is 0 Å². The van der Waals surface area contributed by atoms with Gasteiger partial charge in [-0.15, -0.1) is 0 Å². The van der Waals surface area contributed by atoms with E-state index in [0.717, 1.165) is 18.4 Å². The number of ether oxygens (including phenoxy) is 1. The van der Waals surface area contributed by atoms with Gasteiger partial charge in [0, 0.05) is 17.3 Å². The van der Waals surface area contributed by atoms with Gasteiger partial charge in [-0.25, -0.2) is 0 Å². The lowest BCUT2D eigenvalue weighted by Gasteiger charge is -2.69. The first-order valence-corrected chi connectivity index (χ1v) is 6.84. The first-order valence-electron chi connectivity index (χ1n) is 6.84. The standard InChI is InChI=1S/C15H18O3/c1-7-5-4-6-15-9(11(7)16)8-10(15)12(14(8,2)3)18-13(15)17/h5,8-10,12H,4,6H2,1-3H3. The Balaban J connectivity index is 1.86. The van der Waals surface area contributed by atoms with Crippen LogP contribution in [0.2, 0.25) is 0 Å². The third-order valence-electron chi connectivity index (χ3n) is 6.11. The largest absolute Gasteiger partial charge is 0.461 e. The molecule has 0 N–H and O–H groups in total. The van der Waals surface area contributed by atoms with Gasteiger partial charge in [0.05, 0.1) is 5.41 Å². The van der Waals surface area contributed by atoms with Crippen molar-refractivity contribution in [3.63, 3.8) is 0 Å². The van der Waals surface area contributed by atoms with Gasteiger partial charge < -0.3 is 4.74 Å². The van der Waals surface area contributed by atoms with Crippen LogP contribution in [0.5, 0.6) is 0 Å². The summed E-state index contributed by atoms with van der Waals surface area (Å²) in [5, 5.41) is 0. The molecule has 4 aliphatic rings. The summed E-state index contributed by atoms with van der Waals surface area (Å²) in [6.45, 7) is 6.16. The highest BCUT2D eigenvalue weighted by molar-refractivity contribution is 6.03. The van der Waals surface area contributed by atoms with Crippen LogP contribution in [0.15, 0.2) is 11.6 Å². The van der Waals surface area contributed by atoms with Crippen LogP contribution in [0.4, 0.5) is 0 Å². The summed E-state index contributed by atoms with van der Waals surface area (Å²) in [6, 6.07) is 0. The highest BCUT2D eigenvalue weighted by Gasteiger charge is 2.85. The molecule has 2 saturated carbocycles. The van der Waals surface area contributed by atoms with E-state index in [9.17, 15) is 9.59 Å². The molecule has 0 amide bonds. The van der Waals surface area contributed by atoms with Gasteiger partial charge in [-0.05, 0) is 31.3 Å². The molecule has 0 aromatic carbocycles. The molecule has 1 heterocycles. The molecule has 3 heteroatoms. The Kier molecular flexibility index (Phi) is 1.63. The minimum Gasteiger partial charge on any atom is -0.461 e. The molecule has 0 radical (unpaired) electrons. The van der Waals surface area contributed by atoms with Gasteiger partial charge in [0.1, 0.15) is 6.10 Å². The minimum absolute atomic E-state index is 0.0225. The topological polar surface area (TPSA) is 43.4 Å². The van der Waals surface area contributed by atoms with Gasteiger partial charge in [0.25, 0.3) is 0 Å². The molecule has 3 aliphatic carbocycles. The molecule has 1 aliphatic heterocycles. The lowest BCUT2D eigenvalue weighted by atomic mass is 9.30. The van der Waals surface area contributed by atoms with Crippen LogP contribution < -0.4 is 0 Å². The summed E-state index contributed by atoms with van der Waals surface area (Å²) < 4.78 is 5.61.